The van der Waals surface area contributed by atoms with Gasteiger partial charge >= 0.3 is 5.97 Å². The van der Waals surface area contributed by atoms with E-state index in [0.717, 1.165) is 28.8 Å². The van der Waals surface area contributed by atoms with Crippen LogP contribution in [0.25, 0.3) is 0 Å². The maximum atomic E-state index is 13.0. The second-order valence-electron chi connectivity index (χ2n) is 7.69. The average molecular weight is 351 g/mol. The molecule has 2 aliphatic rings. The summed E-state index contributed by atoms with van der Waals surface area (Å²) in [6, 6.07) is 0.628. The fourth-order valence-electron chi connectivity index (χ4n) is 3.39. The number of aliphatic carboxylic acids is 1. The van der Waals surface area contributed by atoms with Crippen molar-refractivity contribution >= 4 is 5.97 Å². The molecular formula is C18H26FN3O3. The molecule has 1 aromatic rings. The summed E-state index contributed by atoms with van der Waals surface area (Å²) < 4.78 is 14.1. The van der Waals surface area contributed by atoms with Gasteiger partial charge in [-0.15, -0.1) is 0 Å². The number of alkyl halides is 1. The highest BCUT2D eigenvalue weighted by molar-refractivity contribution is 5.71. The zero-order valence-electron chi connectivity index (χ0n) is 14.8. The maximum absolute atomic E-state index is 13.0. The first-order valence-corrected chi connectivity index (χ1v) is 9.07. The molecule has 3 rings (SSSR count). The van der Waals surface area contributed by atoms with Crippen LogP contribution >= 0.6 is 0 Å². The molecule has 0 radical (unpaired) electrons. The van der Waals surface area contributed by atoms with E-state index in [1.165, 1.54) is 0 Å². The molecule has 1 aliphatic heterocycles. The summed E-state index contributed by atoms with van der Waals surface area (Å²) in [6.07, 6.45) is 2.32. The summed E-state index contributed by atoms with van der Waals surface area (Å²) in [7, 11) is 0. The number of carbonyl (C=O) groups is 1. The predicted molar refractivity (Wildman–Crippen MR) is 91.6 cm³/mol. The monoisotopic (exact) mass is 351 g/mol. The Morgan fingerprint density at radius 2 is 2.08 bits per heavy atom. The summed E-state index contributed by atoms with van der Waals surface area (Å²) in [4.78, 5) is 26.1. The Morgan fingerprint density at radius 3 is 2.60 bits per heavy atom. The number of carboxylic acid groups (broad SMARTS) is 1. The SMILES string of the molecule is CC(C)CC(C(=O)O)n1nc(CCN2CC(F)C2)c(C2CC2)cc1=O. The van der Waals surface area contributed by atoms with Gasteiger partial charge in [0, 0.05) is 32.1 Å². The van der Waals surface area contributed by atoms with Gasteiger partial charge in [-0.25, -0.2) is 13.9 Å². The minimum atomic E-state index is -1.03. The van der Waals surface area contributed by atoms with Crippen molar-refractivity contribution in [3.8, 4) is 0 Å². The first kappa shape index (κ1) is 18.0. The Morgan fingerprint density at radius 1 is 1.40 bits per heavy atom. The van der Waals surface area contributed by atoms with E-state index in [-0.39, 0.29) is 11.5 Å². The molecule has 0 bridgehead atoms. The topological polar surface area (TPSA) is 75.4 Å². The molecule has 0 spiro atoms. The molecule has 138 valence electrons. The fraction of sp³-hybridized carbons (Fsp3) is 0.722. The molecule has 1 N–H and O–H groups in total. The number of nitrogens with zero attached hydrogens (tertiary/aromatic N) is 3. The number of rotatable bonds is 8. The first-order valence-electron chi connectivity index (χ1n) is 9.07. The molecule has 1 saturated heterocycles. The van der Waals surface area contributed by atoms with E-state index in [9.17, 15) is 19.1 Å². The minimum absolute atomic E-state index is 0.143. The van der Waals surface area contributed by atoms with Crippen LogP contribution in [0.3, 0.4) is 0 Å². The van der Waals surface area contributed by atoms with Crippen molar-refractivity contribution in [1.29, 1.82) is 0 Å². The molecule has 0 aromatic carbocycles. The molecule has 25 heavy (non-hydrogen) atoms. The Labute approximate surface area is 146 Å². The third kappa shape index (κ3) is 4.26. The van der Waals surface area contributed by atoms with Gasteiger partial charge < -0.3 is 5.11 Å². The Bertz CT molecular complexity index is 693. The third-order valence-electron chi connectivity index (χ3n) is 4.94. The van der Waals surface area contributed by atoms with Crippen LogP contribution in [0.1, 0.15) is 56.3 Å². The van der Waals surface area contributed by atoms with Gasteiger partial charge in [0.25, 0.3) is 5.56 Å². The Balaban J connectivity index is 1.86. The van der Waals surface area contributed by atoms with Crippen LogP contribution in [0.4, 0.5) is 4.39 Å². The largest absolute Gasteiger partial charge is 0.480 e. The number of carboxylic acids is 1. The summed E-state index contributed by atoms with van der Waals surface area (Å²) >= 11 is 0. The van der Waals surface area contributed by atoms with E-state index >= 15 is 0 Å². The van der Waals surface area contributed by atoms with Crippen LogP contribution in [0, 0.1) is 5.92 Å². The lowest BCUT2D eigenvalue weighted by atomic mass is 10.0. The highest BCUT2D eigenvalue weighted by Gasteiger charge is 2.31. The van der Waals surface area contributed by atoms with Crippen molar-refractivity contribution in [3.63, 3.8) is 0 Å². The van der Waals surface area contributed by atoms with E-state index in [1.54, 1.807) is 6.07 Å². The minimum Gasteiger partial charge on any atom is -0.480 e. The van der Waals surface area contributed by atoms with Crippen LogP contribution in [0.15, 0.2) is 10.9 Å². The van der Waals surface area contributed by atoms with Crippen molar-refractivity contribution in [2.75, 3.05) is 19.6 Å². The molecule has 2 fully saturated rings. The third-order valence-corrected chi connectivity index (χ3v) is 4.94. The lowest BCUT2D eigenvalue weighted by molar-refractivity contribution is -0.141. The van der Waals surface area contributed by atoms with Crippen LogP contribution in [-0.4, -0.2) is 51.6 Å². The standard InChI is InChI=1S/C18H26FN3O3/c1-11(2)7-16(18(24)25)22-17(23)8-14(12-3-4-12)15(20-22)5-6-21-9-13(19)10-21/h8,11-13,16H,3-7,9-10H2,1-2H3,(H,24,25). The highest BCUT2D eigenvalue weighted by Crippen LogP contribution is 2.41. The van der Waals surface area contributed by atoms with Gasteiger partial charge in [-0.05, 0) is 36.7 Å². The van der Waals surface area contributed by atoms with Gasteiger partial charge in [0.2, 0.25) is 0 Å². The van der Waals surface area contributed by atoms with Gasteiger partial charge in [-0.1, -0.05) is 13.8 Å². The summed E-state index contributed by atoms with van der Waals surface area (Å²) in [5, 5.41) is 14.0. The van der Waals surface area contributed by atoms with Crippen molar-refractivity contribution in [1.82, 2.24) is 14.7 Å². The number of hydrogen-bond acceptors (Lipinski definition) is 4. The lowest BCUT2D eigenvalue weighted by Crippen LogP contribution is -2.49. The van der Waals surface area contributed by atoms with Crippen molar-refractivity contribution in [3.05, 3.63) is 27.7 Å². The molecule has 0 amide bonds. The van der Waals surface area contributed by atoms with E-state index in [2.05, 4.69) is 5.10 Å². The summed E-state index contributed by atoms with van der Waals surface area (Å²) in [5.41, 5.74) is 1.40. The van der Waals surface area contributed by atoms with Crippen LogP contribution < -0.4 is 5.56 Å². The number of halogens is 1. The Kier molecular flexibility index (Phi) is 5.22. The highest BCUT2D eigenvalue weighted by atomic mass is 19.1. The summed E-state index contributed by atoms with van der Waals surface area (Å²) in [6.45, 7) is 5.44. The van der Waals surface area contributed by atoms with E-state index in [0.29, 0.717) is 38.4 Å². The molecular weight excluding hydrogens is 325 g/mol. The quantitative estimate of drug-likeness (QED) is 0.775. The summed E-state index contributed by atoms with van der Waals surface area (Å²) in [5.74, 6) is -0.524. The van der Waals surface area contributed by atoms with E-state index in [4.69, 9.17) is 0 Å². The Hall–Kier alpha value is -1.76. The zero-order valence-corrected chi connectivity index (χ0v) is 14.8. The van der Waals surface area contributed by atoms with Crippen molar-refractivity contribution in [2.24, 2.45) is 5.92 Å². The van der Waals surface area contributed by atoms with Gasteiger partial charge in [-0.3, -0.25) is 9.69 Å². The van der Waals surface area contributed by atoms with E-state index in [1.807, 2.05) is 18.7 Å². The van der Waals surface area contributed by atoms with Gasteiger partial charge in [0.1, 0.15) is 6.17 Å². The second-order valence-corrected chi connectivity index (χ2v) is 7.69. The normalized spacial score (nSPS) is 19.8. The predicted octanol–water partition coefficient (Wildman–Crippen LogP) is 1.99. The lowest BCUT2D eigenvalue weighted by Gasteiger charge is -2.34. The first-order chi connectivity index (χ1) is 11.8. The smallest absolute Gasteiger partial charge is 0.328 e. The zero-order chi connectivity index (χ0) is 18.1. The molecule has 2 heterocycles. The van der Waals surface area contributed by atoms with Crippen LogP contribution in [0.2, 0.25) is 0 Å². The van der Waals surface area contributed by atoms with Crippen LogP contribution in [-0.2, 0) is 11.2 Å². The molecule has 1 aliphatic carbocycles. The molecule has 1 saturated carbocycles. The number of aromatic nitrogens is 2. The number of hydrogen-bond donors (Lipinski definition) is 1. The molecule has 1 unspecified atom stereocenters. The maximum Gasteiger partial charge on any atom is 0.328 e. The van der Waals surface area contributed by atoms with Gasteiger partial charge in [-0.2, -0.15) is 5.10 Å². The molecule has 1 atom stereocenters. The molecule has 6 nitrogen and oxygen atoms in total. The van der Waals surface area contributed by atoms with Gasteiger partial charge in [0.05, 0.1) is 5.69 Å². The molecule has 7 heteroatoms. The molecule has 1 aromatic heterocycles. The fourth-order valence-corrected chi connectivity index (χ4v) is 3.39. The average Bonchev–Trinajstić information content (AvgIpc) is 3.33. The number of likely N-dealkylation sites (tertiary alicyclic amines) is 1. The van der Waals surface area contributed by atoms with Crippen LogP contribution in [0.5, 0.6) is 0 Å². The van der Waals surface area contributed by atoms with E-state index < -0.39 is 18.2 Å². The van der Waals surface area contributed by atoms with Crippen molar-refractivity contribution in [2.45, 2.75) is 57.7 Å². The second kappa shape index (κ2) is 7.23. The van der Waals surface area contributed by atoms with Crippen molar-refractivity contribution < 1.29 is 14.3 Å². The van der Waals surface area contributed by atoms with Gasteiger partial charge in [0.15, 0.2) is 6.04 Å².